The van der Waals surface area contributed by atoms with Gasteiger partial charge in [0.2, 0.25) is 0 Å². The molecule has 1 aliphatic carbocycles. The molecular formula is C12H19BrN2O. The van der Waals surface area contributed by atoms with Crippen molar-refractivity contribution in [1.82, 2.24) is 9.78 Å². The minimum Gasteiger partial charge on any atom is -0.393 e. The summed E-state index contributed by atoms with van der Waals surface area (Å²) in [6, 6.07) is 0. The van der Waals surface area contributed by atoms with Gasteiger partial charge in [-0.3, -0.25) is 4.68 Å². The highest BCUT2D eigenvalue weighted by atomic mass is 79.9. The van der Waals surface area contributed by atoms with E-state index in [9.17, 15) is 5.11 Å². The van der Waals surface area contributed by atoms with Crippen molar-refractivity contribution in [2.24, 2.45) is 5.92 Å². The molecule has 0 bridgehead atoms. The molecule has 1 fully saturated rings. The van der Waals surface area contributed by atoms with Crippen LogP contribution in [0.4, 0.5) is 0 Å². The highest BCUT2D eigenvalue weighted by molar-refractivity contribution is 9.10. The molecule has 4 heteroatoms. The number of hydrogen-bond acceptors (Lipinski definition) is 2. The molecule has 0 aromatic carbocycles. The topological polar surface area (TPSA) is 38.0 Å². The fourth-order valence-electron chi connectivity index (χ4n) is 2.57. The summed E-state index contributed by atoms with van der Waals surface area (Å²) in [5.74, 6) is 0.415. The van der Waals surface area contributed by atoms with Crippen molar-refractivity contribution in [3.05, 3.63) is 15.9 Å². The largest absolute Gasteiger partial charge is 0.393 e. The summed E-state index contributed by atoms with van der Waals surface area (Å²) >= 11 is 3.60. The molecule has 0 spiro atoms. The second-order valence-electron chi connectivity index (χ2n) is 4.62. The first kappa shape index (κ1) is 12.1. The third-order valence-corrected chi connectivity index (χ3v) is 4.56. The van der Waals surface area contributed by atoms with Gasteiger partial charge in [0.05, 0.1) is 22.0 Å². The molecule has 3 nitrogen and oxygen atoms in total. The highest BCUT2D eigenvalue weighted by Gasteiger charge is 2.27. The average molecular weight is 287 g/mol. The van der Waals surface area contributed by atoms with Crippen LogP contribution in [0.25, 0.3) is 0 Å². The van der Waals surface area contributed by atoms with Crippen LogP contribution in [-0.4, -0.2) is 21.0 Å². The Bertz CT molecular complexity index is 375. The van der Waals surface area contributed by atoms with E-state index in [1.807, 2.05) is 11.6 Å². The molecule has 1 N–H and O–H groups in total. The highest BCUT2D eigenvalue weighted by Crippen LogP contribution is 2.31. The Balaban J connectivity index is 2.19. The first-order valence-electron chi connectivity index (χ1n) is 6.03. The summed E-state index contributed by atoms with van der Waals surface area (Å²) in [5.41, 5.74) is 2.29. The van der Waals surface area contributed by atoms with E-state index in [1.54, 1.807) is 0 Å². The van der Waals surface area contributed by atoms with Crippen molar-refractivity contribution in [1.29, 1.82) is 0 Å². The van der Waals surface area contributed by atoms with Gasteiger partial charge in [-0.2, -0.15) is 5.10 Å². The van der Waals surface area contributed by atoms with Crippen LogP contribution >= 0.6 is 15.9 Å². The molecule has 0 saturated heterocycles. The van der Waals surface area contributed by atoms with Gasteiger partial charge in [0.15, 0.2) is 0 Å². The SMILES string of the molecule is CCn1nc(C)c(Br)c1CC1CCCC1O. The number of rotatable bonds is 3. The molecule has 90 valence electrons. The Kier molecular flexibility index (Phi) is 3.70. The molecule has 0 aliphatic heterocycles. The molecule has 0 radical (unpaired) electrons. The number of halogens is 1. The van der Waals surface area contributed by atoms with E-state index < -0.39 is 0 Å². The van der Waals surface area contributed by atoms with Crippen LogP contribution in [0.2, 0.25) is 0 Å². The lowest BCUT2D eigenvalue weighted by Crippen LogP contribution is -2.18. The van der Waals surface area contributed by atoms with Crippen molar-refractivity contribution in [2.45, 2.75) is 52.2 Å². The Morgan fingerprint density at radius 1 is 1.50 bits per heavy atom. The maximum Gasteiger partial charge on any atom is 0.0738 e. The molecule has 1 aliphatic rings. The van der Waals surface area contributed by atoms with Gasteiger partial charge in [0, 0.05) is 6.54 Å². The smallest absolute Gasteiger partial charge is 0.0738 e. The molecule has 2 unspecified atom stereocenters. The number of aliphatic hydroxyl groups excluding tert-OH is 1. The van der Waals surface area contributed by atoms with Gasteiger partial charge < -0.3 is 5.11 Å². The predicted molar refractivity (Wildman–Crippen MR) is 67.4 cm³/mol. The first-order valence-corrected chi connectivity index (χ1v) is 6.82. The average Bonchev–Trinajstić information content (AvgIpc) is 2.78. The number of hydrogen-bond donors (Lipinski definition) is 1. The van der Waals surface area contributed by atoms with E-state index in [-0.39, 0.29) is 6.10 Å². The van der Waals surface area contributed by atoms with Crippen molar-refractivity contribution in [2.75, 3.05) is 0 Å². The van der Waals surface area contributed by atoms with Gasteiger partial charge in [-0.15, -0.1) is 0 Å². The van der Waals surface area contributed by atoms with Gasteiger partial charge in [0.25, 0.3) is 0 Å². The van der Waals surface area contributed by atoms with Gasteiger partial charge >= 0.3 is 0 Å². The lowest BCUT2D eigenvalue weighted by molar-refractivity contribution is 0.131. The summed E-state index contributed by atoms with van der Waals surface area (Å²) in [5, 5.41) is 14.4. The second-order valence-corrected chi connectivity index (χ2v) is 5.42. The number of nitrogens with zero attached hydrogens (tertiary/aromatic N) is 2. The Hall–Kier alpha value is -0.350. The summed E-state index contributed by atoms with van der Waals surface area (Å²) in [7, 11) is 0. The predicted octanol–water partition coefficient (Wildman–Crippen LogP) is 2.68. The summed E-state index contributed by atoms with van der Waals surface area (Å²) in [6.07, 6.45) is 4.08. The molecule has 1 aromatic rings. The van der Waals surface area contributed by atoms with Crippen LogP contribution in [0.3, 0.4) is 0 Å². The van der Waals surface area contributed by atoms with Gasteiger partial charge in [0.1, 0.15) is 0 Å². The van der Waals surface area contributed by atoms with Crippen molar-refractivity contribution in [3.63, 3.8) is 0 Å². The third kappa shape index (κ3) is 2.18. The van der Waals surface area contributed by atoms with E-state index >= 15 is 0 Å². The lowest BCUT2D eigenvalue weighted by Gasteiger charge is -2.15. The molecule has 16 heavy (non-hydrogen) atoms. The fraction of sp³-hybridized carbons (Fsp3) is 0.750. The van der Waals surface area contributed by atoms with Crippen molar-refractivity contribution >= 4 is 15.9 Å². The minimum absolute atomic E-state index is 0.118. The van der Waals surface area contributed by atoms with Crippen molar-refractivity contribution in [3.8, 4) is 0 Å². The van der Waals surface area contributed by atoms with Gasteiger partial charge in [-0.25, -0.2) is 0 Å². The maximum absolute atomic E-state index is 9.87. The standard InChI is InChI=1S/C12H19BrN2O/c1-3-15-10(12(13)8(2)14-15)7-9-5-4-6-11(9)16/h9,11,16H,3-7H2,1-2H3. The molecule has 1 heterocycles. The monoisotopic (exact) mass is 286 g/mol. The van der Waals surface area contributed by atoms with Crippen LogP contribution in [0.15, 0.2) is 4.47 Å². The normalized spacial score (nSPS) is 25.2. The van der Waals surface area contributed by atoms with Crippen molar-refractivity contribution < 1.29 is 5.11 Å². The zero-order valence-corrected chi connectivity index (χ0v) is 11.5. The van der Waals surface area contributed by atoms with E-state index in [1.165, 1.54) is 5.69 Å². The zero-order chi connectivity index (χ0) is 11.7. The molecule has 1 aromatic heterocycles. The Morgan fingerprint density at radius 3 is 2.81 bits per heavy atom. The van der Waals surface area contributed by atoms with Gasteiger partial charge in [-0.1, -0.05) is 6.42 Å². The second kappa shape index (κ2) is 4.88. The summed E-state index contributed by atoms with van der Waals surface area (Å²) in [6.45, 7) is 5.02. The molecular weight excluding hydrogens is 268 g/mol. The summed E-state index contributed by atoms with van der Waals surface area (Å²) in [4.78, 5) is 0. The molecule has 1 saturated carbocycles. The minimum atomic E-state index is -0.118. The van der Waals surface area contributed by atoms with E-state index in [0.29, 0.717) is 5.92 Å². The zero-order valence-electron chi connectivity index (χ0n) is 9.91. The molecule has 2 atom stereocenters. The van der Waals surface area contributed by atoms with Crippen LogP contribution < -0.4 is 0 Å². The number of aliphatic hydroxyl groups is 1. The fourth-order valence-corrected chi connectivity index (χ4v) is 3.01. The van der Waals surface area contributed by atoms with Crippen LogP contribution in [0, 0.1) is 12.8 Å². The van der Waals surface area contributed by atoms with E-state index in [4.69, 9.17) is 0 Å². The Labute approximate surface area is 105 Å². The lowest BCUT2D eigenvalue weighted by atomic mass is 9.99. The third-order valence-electron chi connectivity index (χ3n) is 3.53. The maximum atomic E-state index is 9.87. The van der Waals surface area contributed by atoms with Crippen LogP contribution in [0.1, 0.15) is 37.6 Å². The van der Waals surface area contributed by atoms with Crippen LogP contribution in [-0.2, 0) is 13.0 Å². The molecule has 0 amide bonds. The Morgan fingerprint density at radius 2 is 2.25 bits per heavy atom. The number of aryl methyl sites for hydroxylation is 2. The van der Waals surface area contributed by atoms with Crippen LogP contribution in [0.5, 0.6) is 0 Å². The van der Waals surface area contributed by atoms with E-state index in [0.717, 1.165) is 42.4 Å². The molecule has 2 rings (SSSR count). The number of aromatic nitrogens is 2. The summed E-state index contributed by atoms with van der Waals surface area (Å²) < 4.78 is 3.17. The van der Waals surface area contributed by atoms with E-state index in [2.05, 4.69) is 28.0 Å². The first-order chi connectivity index (χ1) is 7.63. The quantitative estimate of drug-likeness (QED) is 0.928. The van der Waals surface area contributed by atoms with Gasteiger partial charge in [-0.05, 0) is 55.0 Å².